The normalized spacial score (nSPS) is 10.0. The molecular formula is C19H19N3O6. The molecule has 0 atom stereocenters. The number of nitrogens with zero attached hydrogens (tertiary/aromatic N) is 2. The third-order valence-corrected chi connectivity index (χ3v) is 3.75. The van der Waals surface area contributed by atoms with E-state index in [0.717, 1.165) is 6.07 Å². The number of para-hydroxylation sites is 1. The molecule has 0 saturated heterocycles. The highest BCUT2D eigenvalue weighted by molar-refractivity contribution is 5.97. The minimum atomic E-state index is -0.795. The molecule has 2 aromatic carbocycles. The Morgan fingerprint density at radius 3 is 2.46 bits per heavy atom. The molecule has 0 aromatic heterocycles. The summed E-state index contributed by atoms with van der Waals surface area (Å²) in [4.78, 5) is 47.6. The summed E-state index contributed by atoms with van der Waals surface area (Å²) in [5, 5.41) is 13.0. The minimum Gasteiger partial charge on any atom is -0.454 e. The van der Waals surface area contributed by atoms with Gasteiger partial charge in [0.2, 0.25) is 0 Å². The number of esters is 1. The molecule has 9 nitrogen and oxygen atoms in total. The van der Waals surface area contributed by atoms with Crippen molar-refractivity contribution in [3.63, 3.8) is 0 Å². The molecular weight excluding hydrogens is 366 g/mol. The zero-order chi connectivity index (χ0) is 20.5. The van der Waals surface area contributed by atoms with Crippen molar-refractivity contribution >= 4 is 29.2 Å². The number of carbonyl (C=O) groups excluding carboxylic acids is 3. The fraction of sp³-hybridized carbons (Fsp3) is 0.211. The highest BCUT2D eigenvalue weighted by Crippen LogP contribution is 2.14. The maximum atomic E-state index is 12.2. The Kier molecular flexibility index (Phi) is 7.21. The fourth-order valence-corrected chi connectivity index (χ4v) is 2.40. The molecule has 0 bridgehead atoms. The summed E-state index contributed by atoms with van der Waals surface area (Å²) in [7, 11) is 0. The molecule has 28 heavy (non-hydrogen) atoms. The molecule has 0 unspecified atom stereocenters. The number of ether oxygens (including phenoxy) is 1. The van der Waals surface area contributed by atoms with Gasteiger partial charge in [-0.1, -0.05) is 24.3 Å². The third kappa shape index (κ3) is 5.63. The number of nitro groups is 1. The maximum absolute atomic E-state index is 12.2. The molecule has 0 fully saturated rings. The van der Waals surface area contributed by atoms with Gasteiger partial charge in [0.05, 0.1) is 4.92 Å². The first-order valence-corrected chi connectivity index (χ1v) is 8.46. The average Bonchev–Trinajstić information content (AvgIpc) is 2.71. The van der Waals surface area contributed by atoms with Crippen LogP contribution in [0.25, 0.3) is 0 Å². The van der Waals surface area contributed by atoms with Crippen LogP contribution < -0.4 is 10.2 Å². The second-order valence-corrected chi connectivity index (χ2v) is 5.62. The van der Waals surface area contributed by atoms with Crippen molar-refractivity contribution in [2.75, 3.05) is 24.6 Å². The number of nitrogens with one attached hydrogen (secondary N) is 1. The SMILES string of the molecule is CCN(C(=O)COC(=O)CNC(=O)c1cccc([N+](=O)[O-])c1)c1ccccc1. The number of benzene rings is 2. The molecule has 0 radical (unpaired) electrons. The van der Waals surface area contributed by atoms with E-state index in [4.69, 9.17) is 4.74 Å². The first kappa shape index (κ1) is 20.6. The summed E-state index contributed by atoms with van der Waals surface area (Å²) in [5.74, 6) is -1.85. The Balaban J connectivity index is 1.84. The number of amides is 2. The van der Waals surface area contributed by atoms with E-state index in [1.807, 2.05) is 6.07 Å². The number of carbonyl (C=O) groups is 3. The molecule has 9 heteroatoms. The lowest BCUT2D eigenvalue weighted by atomic mass is 10.2. The standard InChI is InChI=1S/C19H19N3O6/c1-2-21(15-8-4-3-5-9-15)17(23)13-28-18(24)12-20-19(25)14-7-6-10-16(11-14)22(26)27/h3-11H,2,12-13H2,1H3,(H,20,25). The molecule has 146 valence electrons. The predicted octanol–water partition coefficient (Wildman–Crippen LogP) is 1.92. The average molecular weight is 385 g/mol. The summed E-state index contributed by atoms with van der Waals surface area (Å²) < 4.78 is 4.90. The van der Waals surface area contributed by atoms with Crippen LogP contribution in [0.2, 0.25) is 0 Å². The lowest BCUT2D eigenvalue weighted by Crippen LogP contribution is -2.36. The van der Waals surface area contributed by atoms with Gasteiger partial charge in [0.1, 0.15) is 6.54 Å². The highest BCUT2D eigenvalue weighted by atomic mass is 16.6. The van der Waals surface area contributed by atoms with Gasteiger partial charge in [-0.15, -0.1) is 0 Å². The van der Waals surface area contributed by atoms with Gasteiger partial charge in [-0.2, -0.15) is 0 Å². The molecule has 2 rings (SSSR count). The summed E-state index contributed by atoms with van der Waals surface area (Å²) in [6.45, 7) is 1.27. The molecule has 0 spiro atoms. The van der Waals surface area contributed by atoms with Crippen molar-refractivity contribution in [1.82, 2.24) is 5.32 Å². The molecule has 0 heterocycles. The van der Waals surface area contributed by atoms with E-state index in [-0.39, 0.29) is 11.3 Å². The van der Waals surface area contributed by atoms with E-state index < -0.39 is 35.9 Å². The summed E-state index contributed by atoms with van der Waals surface area (Å²) in [6, 6.07) is 14.0. The number of nitro benzene ring substituents is 1. The lowest BCUT2D eigenvalue weighted by Gasteiger charge is -2.20. The Bertz CT molecular complexity index is 869. The van der Waals surface area contributed by atoms with Crippen LogP contribution >= 0.6 is 0 Å². The number of hydrogen-bond acceptors (Lipinski definition) is 6. The van der Waals surface area contributed by atoms with E-state index >= 15 is 0 Å². The van der Waals surface area contributed by atoms with Gasteiger partial charge < -0.3 is 15.0 Å². The Morgan fingerprint density at radius 2 is 1.82 bits per heavy atom. The predicted molar refractivity (Wildman–Crippen MR) is 101 cm³/mol. The van der Waals surface area contributed by atoms with Crippen LogP contribution in [-0.2, 0) is 14.3 Å². The molecule has 0 aliphatic carbocycles. The van der Waals surface area contributed by atoms with Gasteiger partial charge in [0.15, 0.2) is 6.61 Å². The van der Waals surface area contributed by atoms with Gasteiger partial charge in [0, 0.05) is 29.9 Å². The van der Waals surface area contributed by atoms with E-state index in [9.17, 15) is 24.5 Å². The van der Waals surface area contributed by atoms with Crippen LogP contribution in [0.1, 0.15) is 17.3 Å². The Morgan fingerprint density at radius 1 is 1.11 bits per heavy atom. The van der Waals surface area contributed by atoms with Gasteiger partial charge in [-0.3, -0.25) is 24.5 Å². The van der Waals surface area contributed by atoms with E-state index in [0.29, 0.717) is 12.2 Å². The van der Waals surface area contributed by atoms with Gasteiger partial charge in [-0.25, -0.2) is 0 Å². The van der Waals surface area contributed by atoms with Gasteiger partial charge in [0.25, 0.3) is 17.5 Å². The van der Waals surface area contributed by atoms with Crippen molar-refractivity contribution in [2.45, 2.75) is 6.92 Å². The molecule has 0 aliphatic heterocycles. The van der Waals surface area contributed by atoms with Gasteiger partial charge >= 0.3 is 5.97 Å². The first-order chi connectivity index (χ1) is 13.4. The molecule has 1 N–H and O–H groups in total. The zero-order valence-corrected chi connectivity index (χ0v) is 15.2. The van der Waals surface area contributed by atoms with Crippen LogP contribution in [0.4, 0.5) is 11.4 Å². The number of hydrogen-bond donors (Lipinski definition) is 1. The topological polar surface area (TPSA) is 119 Å². The molecule has 0 aliphatic rings. The largest absolute Gasteiger partial charge is 0.454 e. The maximum Gasteiger partial charge on any atom is 0.325 e. The number of non-ortho nitro benzene ring substituents is 1. The van der Waals surface area contributed by atoms with Crippen LogP contribution in [0, 0.1) is 10.1 Å². The van der Waals surface area contributed by atoms with Crippen molar-refractivity contribution in [2.24, 2.45) is 0 Å². The number of anilines is 1. The van der Waals surface area contributed by atoms with E-state index in [2.05, 4.69) is 5.32 Å². The number of likely N-dealkylation sites (N-methyl/N-ethyl adjacent to an activating group) is 1. The first-order valence-electron chi connectivity index (χ1n) is 8.46. The minimum absolute atomic E-state index is 0.0410. The quantitative estimate of drug-likeness (QED) is 0.421. The van der Waals surface area contributed by atoms with Crippen molar-refractivity contribution in [3.8, 4) is 0 Å². The smallest absolute Gasteiger partial charge is 0.325 e. The second kappa shape index (κ2) is 9.81. The third-order valence-electron chi connectivity index (χ3n) is 3.75. The zero-order valence-electron chi connectivity index (χ0n) is 15.2. The fourth-order valence-electron chi connectivity index (χ4n) is 2.40. The Hall–Kier alpha value is -3.75. The molecule has 0 saturated carbocycles. The van der Waals surface area contributed by atoms with Crippen molar-refractivity contribution in [1.29, 1.82) is 0 Å². The lowest BCUT2D eigenvalue weighted by molar-refractivity contribution is -0.384. The molecule has 2 aromatic rings. The van der Waals surface area contributed by atoms with Crippen LogP contribution in [0.3, 0.4) is 0 Å². The second-order valence-electron chi connectivity index (χ2n) is 5.62. The number of rotatable bonds is 8. The molecule has 2 amide bonds. The van der Waals surface area contributed by atoms with Crippen molar-refractivity contribution < 1.29 is 24.0 Å². The Labute approximate surface area is 161 Å². The summed E-state index contributed by atoms with van der Waals surface area (Å²) >= 11 is 0. The monoisotopic (exact) mass is 385 g/mol. The summed E-state index contributed by atoms with van der Waals surface area (Å²) in [6.07, 6.45) is 0. The summed E-state index contributed by atoms with van der Waals surface area (Å²) in [5.41, 5.74) is 0.491. The van der Waals surface area contributed by atoms with Crippen LogP contribution in [0.5, 0.6) is 0 Å². The van der Waals surface area contributed by atoms with Crippen molar-refractivity contribution in [3.05, 3.63) is 70.3 Å². The van der Waals surface area contributed by atoms with Gasteiger partial charge in [-0.05, 0) is 25.1 Å². The van der Waals surface area contributed by atoms with Crippen LogP contribution in [-0.4, -0.2) is 42.4 Å². The van der Waals surface area contributed by atoms with E-state index in [1.165, 1.54) is 23.1 Å². The van der Waals surface area contributed by atoms with Crippen LogP contribution in [0.15, 0.2) is 54.6 Å². The van der Waals surface area contributed by atoms with E-state index in [1.54, 1.807) is 31.2 Å². The highest BCUT2D eigenvalue weighted by Gasteiger charge is 2.17.